The molecule has 0 radical (unpaired) electrons. The van der Waals surface area contributed by atoms with Crippen LogP contribution in [0.3, 0.4) is 0 Å². The molecular weight excluding hydrogens is 474 g/mol. The molecule has 9 heteroatoms. The molecule has 0 atom stereocenters. The van der Waals surface area contributed by atoms with Gasteiger partial charge in [0.15, 0.2) is 23.0 Å². The largest absolute Gasteiger partial charge is 0.486 e. The number of hydrogen-bond donors (Lipinski definition) is 1. The molecule has 0 bridgehead atoms. The van der Waals surface area contributed by atoms with Crippen LogP contribution in [-0.4, -0.2) is 69.8 Å². The van der Waals surface area contributed by atoms with Gasteiger partial charge in [0, 0.05) is 38.3 Å². The van der Waals surface area contributed by atoms with Crippen molar-refractivity contribution in [2.24, 2.45) is 5.92 Å². The zero-order chi connectivity index (χ0) is 25.0. The maximum Gasteiger partial charge on any atom is 0.412 e. The first-order valence-corrected chi connectivity index (χ1v) is 13.5. The van der Waals surface area contributed by atoms with Crippen molar-refractivity contribution in [2.45, 2.75) is 38.1 Å². The lowest BCUT2D eigenvalue weighted by Crippen LogP contribution is -2.47. The number of ether oxygens (including phenoxy) is 5. The number of anilines is 1. The highest BCUT2D eigenvalue weighted by Gasteiger charge is 2.27. The summed E-state index contributed by atoms with van der Waals surface area (Å²) in [4.78, 5) is 17.4. The average molecular weight is 510 g/mol. The summed E-state index contributed by atoms with van der Waals surface area (Å²) in [5.41, 5.74) is 1.15. The first-order valence-electron chi connectivity index (χ1n) is 13.5. The summed E-state index contributed by atoms with van der Waals surface area (Å²) in [6.45, 7) is 6.61. The molecule has 1 amide bonds. The predicted molar refractivity (Wildman–Crippen MR) is 138 cm³/mol. The molecule has 198 valence electrons. The Balaban J connectivity index is 0.893. The second kappa shape index (κ2) is 11.0. The number of hydrogen-bond acceptors (Lipinski definition) is 8. The highest BCUT2D eigenvalue weighted by atomic mass is 16.7. The van der Waals surface area contributed by atoms with E-state index in [-0.39, 0.29) is 6.04 Å². The van der Waals surface area contributed by atoms with E-state index in [9.17, 15) is 4.79 Å². The SMILES string of the molecule is O=C(NC1CCC(CCN2CCN(c3cccc4c3OCO4)CC2)CC1)Oc1ccc2c(c1)OCCO2. The van der Waals surface area contributed by atoms with E-state index in [4.69, 9.17) is 23.7 Å². The van der Waals surface area contributed by atoms with E-state index in [1.807, 2.05) is 12.1 Å². The second-order valence-corrected chi connectivity index (χ2v) is 10.2. The smallest absolute Gasteiger partial charge is 0.412 e. The quantitative estimate of drug-likeness (QED) is 0.625. The summed E-state index contributed by atoms with van der Waals surface area (Å²) in [5, 5.41) is 3.04. The van der Waals surface area contributed by atoms with Crippen LogP contribution in [0.1, 0.15) is 32.1 Å². The van der Waals surface area contributed by atoms with Gasteiger partial charge >= 0.3 is 6.09 Å². The van der Waals surface area contributed by atoms with Crippen molar-refractivity contribution in [1.82, 2.24) is 10.2 Å². The van der Waals surface area contributed by atoms with Gasteiger partial charge in [-0.15, -0.1) is 0 Å². The molecule has 1 saturated carbocycles. The maximum absolute atomic E-state index is 12.4. The van der Waals surface area contributed by atoms with E-state index in [1.54, 1.807) is 18.2 Å². The minimum absolute atomic E-state index is 0.170. The van der Waals surface area contributed by atoms with Crippen LogP contribution >= 0.6 is 0 Å². The van der Waals surface area contributed by atoms with Crippen molar-refractivity contribution in [3.8, 4) is 28.7 Å². The minimum Gasteiger partial charge on any atom is -0.486 e. The summed E-state index contributed by atoms with van der Waals surface area (Å²) in [6, 6.07) is 11.5. The molecule has 0 aromatic heterocycles. The van der Waals surface area contributed by atoms with Gasteiger partial charge < -0.3 is 33.9 Å². The Morgan fingerprint density at radius 1 is 0.892 bits per heavy atom. The van der Waals surface area contributed by atoms with Gasteiger partial charge in [-0.05, 0) is 68.8 Å². The van der Waals surface area contributed by atoms with Crippen LogP contribution in [0.2, 0.25) is 0 Å². The fourth-order valence-electron chi connectivity index (χ4n) is 5.73. The minimum atomic E-state index is -0.404. The second-order valence-electron chi connectivity index (χ2n) is 10.2. The monoisotopic (exact) mass is 509 g/mol. The molecular formula is C28H35N3O6. The molecule has 0 spiro atoms. The fraction of sp³-hybridized carbons (Fsp3) is 0.536. The van der Waals surface area contributed by atoms with Crippen molar-refractivity contribution in [1.29, 1.82) is 0 Å². The molecule has 4 aliphatic rings. The third-order valence-corrected chi connectivity index (χ3v) is 7.84. The molecule has 0 unspecified atom stereocenters. The van der Waals surface area contributed by atoms with Gasteiger partial charge in [0.25, 0.3) is 0 Å². The zero-order valence-corrected chi connectivity index (χ0v) is 21.2. The summed E-state index contributed by atoms with van der Waals surface area (Å²) < 4.78 is 27.8. The lowest BCUT2D eigenvalue weighted by molar-refractivity contribution is 0.169. The Hall–Kier alpha value is -3.33. The topological polar surface area (TPSA) is 81.7 Å². The first kappa shape index (κ1) is 24.0. The van der Waals surface area contributed by atoms with Crippen molar-refractivity contribution in [3.05, 3.63) is 36.4 Å². The van der Waals surface area contributed by atoms with E-state index in [0.717, 1.165) is 75.6 Å². The molecule has 3 aliphatic heterocycles. The third-order valence-electron chi connectivity index (χ3n) is 7.84. The lowest BCUT2D eigenvalue weighted by Gasteiger charge is -2.37. The molecule has 1 saturated heterocycles. The molecule has 2 fully saturated rings. The van der Waals surface area contributed by atoms with Crippen molar-refractivity contribution in [3.63, 3.8) is 0 Å². The van der Waals surface area contributed by atoms with Crippen molar-refractivity contribution >= 4 is 11.8 Å². The van der Waals surface area contributed by atoms with E-state index in [1.165, 1.54) is 6.42 Å². The highest BCUT2D eigenvalue weighted by Crippen LogP contribution is 2.41. The van der Waals surface area contributed by atoms with Gasteiger partial charge in [-0.3, -0.25) is 4.90 Å². The van der Waals surface area contributed by atoms with Crippen LogP contribution in [-0.2, 0) is 0 Å². The summed E-state index contributed by atoms with van der Waals surface area (Å²) in [5.74, 6) is 4.22. The Bertz CT molecular complexity index is 1100. The van der Waals surface area contributed by atoms with E-state index in [0.29, 0.717) is 43.2 Å². The summed E-state index contributed by atoms with van der Waals surface area (Å²) >= 11 is 0. The number of para-hydroxylation sites is 1. The molecule has 1 N–H and O–H groups in total. The Morgan fingerprint density at radius 3 is 2.54 bits per heavy atom. The Morgan fingerprint density at radius 2 is 1.70 bits per heavy atom. The number of nitrogens with one attached hydrogen (secondary N) is 1. The molecule has 37 heavy (non-hydrogen) atoms. The van der Waals surface area contributed by atoms with Crippen LogP contribution < -0.4 is 33.9 Å². The number of piperazine rings is 1. The highest BCUT2D eigenvalue weighted by molar-refractivity contribution is 5.71. The first-order chi connectivity index (χ1) is 18.2. The molecule has 6 rings (SSSR count). The van der Waals surface area contributed by atoms with E-state index in [2.05, 4.69) is 21.2 Å². The Kier molecular flexibility index (Phi) is 7.12. The van der Waals surface area contributed by atoms with Crippen LogP contribution in [0.25, 0.3) is 0 Å². The van der Waals surface area contributed by atoms with Gasteiger partial charge in [-0.25, -0.2) is 4.79 Å². The van der Waals surface area contributed by atoms with Crippen LogP contribution in [0.5, 0.6) is 28.7 Å². The maximum atomic E-state index is 12.4. The standard InChI is InChI=1S/C28H35N3O6/c32-28(37-22-8-9-24-26(18-22)34-17-16-33-24)29-21-6-4-20(5-7-21)10-11-30-12-14-31(15-13-30)23-2-1-3-25-27(23)36-19-35-25/h1-3,8-9,18,20-21H,4-7,10-17,19H2,(H,29,32). The Labute approximate surface area is 217 Å². The van der Waals surface area contributed by atoms with Crippen LogP contribution in [0.4, 0.5) is 10.5 Å². The average Bonchev–Trinajstić information content (AvgIpc) is 3.42. The molecule has 9 nitrogen and oxygen atoms in total. The zero-order valence-electron chi connectivity index (χ0n) is 21.2. The molecule has 2 aromatic rings. The molecule has 3 heterocycles. The van der Waals surface area contributed by atoms with Crippen molar-refractivity contribution in [2.75, 3.05) is 57.6 Å². The van der Waals surface area contributed by atoms with Crippen LogP contribution in [0.15, 0.2) is 36.4 Å². The third kappa shape index (κ3) is 5.66. The molecule has 1 aliphatic carbocycles. The number of carbonyl (C=O) groups excluding carboxylic acids is 1. The van der Waals surface area contributed by atoms with E-state index < -0.39 is 6.09 Å². The van der Waals surface area contributed by atoms with Crippen molar-refractivity contribution < 1.29 is 28.5 Å². The number of carbonyl (C=O) groups is 1. The predicted octanol–water partition coefficient (Wildman–Crippen LogP) is 4.05. The number of nitrogens with zero attached hydrogens (tertiary/aromatic N) is 2. The van der Waals surface area contributed by atoms with Gasteiger partial charge in [-0.1, -0.05) is 6.07 Å². The normalized spacial score (nSPS) is 23.0. The van der Waals surface area contributed by atoms with Gasteiger partial charge in [0.05, 0.1) is 5.69 Å². The van der Waals surface area contributed by atoms with Gasteiger partial charge in [0.1, 0.15) is 19.0 Å². The van der Waals surface area contributed by atoms with Gasteiger partial charge in [-0.2, -0.15) is 0 Å². The number of benzene rings is 2. The number of rotatable bonds is 6. The van der Waals surface area contributed by atoms with Gasteiger partial charge in [0.2, 0.25) is 6.79 Å². The number of amides is 1. The molecule has 2 aromatic carbocycles. The summed E-state index contributed by atoms with van der Waals surface area (Å²) in [6.07, 6.45) is 5.09. The van der Waals surface area contributed by atoms with E-state index >= 15 is 0 Å². The van der Waals surface area contributed by atoms with Crippen LogP contribution in [0, 0.1) is 5.92 Å². The fourth-order valence-corrected chi connectivity index (χ4v) is 5.73. The summed E-state index contributed by atoms with van der Waals surface area (Å²) in [7, 11) is 0. The number of fused-ring (bicyclic) bond motifs is 2. The lowest BCUT2D eigenvalue weighted by atomic mass is 9.84.